The van der Waals surface area contributed by atoms with Gasteiger partial charge in [0.25, 0.3) is 0 Å². The number of sulfonamides is 1. The van der Waals surface area contributed by atoms with E-state index in [4.69, 9.17) is 21.1 Å². The van der Waals surface area contributed by atoms with Gasteiger partial charge in [-0.15, -0.1) is 0 Å². The van der Waals surface area contributed by atoms with Crippen LogP contribution in [0.4, 0.5) is 0 Å². The van der Waals surface area contributed by atoms with Gasteiger partial charge in [-0.05, 0) is 54.9 Å². The molecule has 1 heterocycles. The molecule has 160 valence electrons. The SMILES string of the molecule is COc1ccc(CCNCCNS(=O)(=O)c2ccc(Cl)c3ncccc23)cc1OC. The Morgan fingerprint density at radius 2 is 1.80 bits per heavy atom. The first-order valence-corrected chi connectivity index (χ1v) is 11.3. The second-order valence-electron chi connectivity index (χ2n) is 6.53. The lowest BCUT2D eigenvalue weighted by atomic mass is 10.1. The van der Waals surface area contributed by atoms with E-state index < -0.39 is 10.0 Å². The van der Waals surface area contributed by atoms with Gasteiger partial charge < -0.3 is 14.8 Å². The molecule has 1 aromatic heterocycles. The topological polar surface area (TPSA) is 89.6 Å². The van der Waals surface area contributed by atoms with Gasteiger partial charge in [-0.1, -0.05) is 17.7 Å². The number of pyridine rings is 1. The number of aromatic nitrogens is 1. The summed E-state index contributed by atoms with van der Waals surface area (Å²) in [6, 6.07) is 12.2. The Balaban J connectivity index is 1.52. The van der Waals surface area contributed by atoms with Gasteiger partial charge >= 0.3 is 0 Å². The van der Waals surface area contributed by atoms with Crippen LogP contribution in [0.25, 0.3) is 10.9 Å². The molecule has 0 saturated heterocycles. The van der Waals surface area contributed by atoms with Gasteiger partial charge in [0.15, 0.2) is 11.5 Å². The van der Waals surface area contributed by atoms with E-state index >= 15 is 0 Å². The lowest BCUT2D eigenvalue weighted by Crippen LogP contribution is -2.32. The Morgan fingerprint density at radius 3 is 2.57 bits per heavy atom. The van der Waals surface area contributed by atoms with Gasteiger partial charge in [-0.2, -0.15) is 0 Å². The van der Waals surface area contributed by atoms with Crippen LogP contribution >= 0.6 is 11.6 Å². The predicted molar refractivity (Wildman–Crippen MR) is 118 cm³/mol. The summed E-state index contributed by atoms with van der Waals surface area (Å²) in [4.78, 5) is 4.34. The Labute approximate surface area is 181 Å². The zero-order chi connectivity index (χ0) is 21.6. The predicted octanol–water partition coefficient (Wildman–Crippen LogP) is 3.02. The molecule has 2 N–H and O–H groups in total. The number of fused-ring (bicyclic) bond motifs is 1. The van der Waals surface area contributed by atoms with Crippen molar-refractivity contribution in [3.8, 4) is 11.5 Å². The van der Waals surface area contributed by atoms with Gasteiger partial charge in [0.1, 0.15) is 0 Å². The van der Waals surface area contributed by atoms with Crippen molar-refractivity contribution >= 4 is 32.5 Å². The van der Waals surface area contributed by atoms with Crippen LogP contribution in [0.2, 0.25) is 5.02 Å². The molecule has 0 spiro atoms. The molecule has 0 aliphatic heterocycles. The number of nitrogens with one attached hydrogen (secondary N) is 2. The summed E-state index contributed by atoms with van der Waals surface area (Å²) in [5, 5.41) is 4.15. The van der Waals surface area contributed by atoms with E-state index in [2.05, 4.69) is 15.0 Å². The molecular formula is C21H24ClN3O4S. The first-order chi connectivity index (χ1) is 14.5. The molecule has 3 rings (SSSR count). The number of nitrogens with zero attached hydrogens (tertiary/aromatic N) is 1. The zero-order valence-electron chi connectivity index (χ0n) is 16.8. The Bertz CT molecular complexity index is 1120. The standard InChI is InChI=1S/C21H24ClN3O4S/c1-28-18-7-5-15(14-19(18)29-2)9-11-23-12-13-25-30(26,27)20-8-6-17(22)21-16(20)4-3-10-24-21/h3-8,10,14,23,25H,9,11-13H2,1-2H3. The number of halogens is 1. The van der Waals surface area contributed by atoms with Crippen molar-refractivity contribution in [1.29, 1.82) is 0 Å². The van der Waals surface area contributed by atoms with Crippen LogP contribution in [-0.4, -0.2) is 47.3 Å². The van der Waals surface area contributed by atoms with Crippen LogP contribution in [0.1, 0.15) is 5.56 Å². The van der Waals surface area contributed by atoms with Crippen LogP contribution in [0, 0.1) is 0 Å². The quantitative estimate of drug-likeness (QED) is 0.462. The molecule has 0 aliphatic rings. The maximum atomic E-state index is 12.7. The first kappa shape index (κ1) is 22.3. The minimum atomic E-state index is -3.68. The van der Waals surface area contributed by atoms with Crippen LogP contribution < -0.4 is 19.5 Å². The molecule has 0 radical (unpaired) electrons. The Morgan fingerprint density at radius 1 is 1.00 bits per heavy atom. The van der Waals surface area contributed by atoms with Crippen molar-refractivity contribution in [1.82, 2.24) is 15.0 Å². The molecule has 0 saturated carbocycles. The van der Waals surface area contributed by atoms with Gasteiger partial charge in [-0.25, -0.2) is 13.1 Å². The molecule has 0 bridgehead atoms. The third-order valence-electron chi connectivity index (χ3n) is 4.60. The smallest absolute Gasteiger partial charge is 0.241 e. The fourth-order valence-corrected chi connectivity index (χ4v) is 4.53. The average molecular weight is 450 g/mol. The summed E-state index contributed by atoms with van der Waals surface area (Å²) in [5.41, 5.74) is 1.57. The molecule has 0 amide bonds. The van der Waals surface area contributed by atoms with Gasteiger partial charge in [0, 0.05) is 24.7 Å². The fraction of sp³-hybridized carbons (Fsp3) is 0.286. The average Bonchev–Trinajstić information content (AvgIpc) is 2.76. The number of rotatable bonds is 10. The van der Waals surface area contributed by atoms with E-state index in [1.807, 2.05) is 18.2 Å². The van der Waals surface area contributed by atoms with Crippen LogP contribution in [0.3, 0.4) is 0 Å². The van der Waals surface area contributed by atoms with Crippen LogP contribution in [0.5, 0.6) is 11.5 Å². The number of hydrogen-bond donors (Lipinski definition) is 2. The van der Waals surface area contributed by atoms with Crippen molar-refractivity contribution < 1.29 is 17.9 Å². The molecule has 0 fully saturated rings. The lowest BCUT2D eigenvalue weighted by molar-refractivity contribution is 0.354. The lowest BCUT2D eigenvalue weighted by Gasteiger charge is -2.11. The summed E-state index contributed by atoms with van der Waals surface area (Å²) < 4.78 is 38.6. The molecule has 9 heteroatoms. The molecular weight excluding hydrogens is 426 g/mol. The number of ether oxygens (including phenoxy) is 2. The van der Waals surface area contributed by atoms with Gasteiger partial charge in [0.05, 0.1) is 29.7 Å². The van der Waals surface area contributed by atoms with Crippen LogP contribution in [0.15, 0.2) is 53.6 Å². The number of hydrogen-bond acceptors (Lipinski definition) is 6. The van der Waals surface area contributed by atoms with Crippen molar-refractivity contribution in [2.24, 2.45) is 0 Å². The highest BCUT2D eigenvalue weighted by Gasteiger charge is 2.18. The van der Waals surface area contributed by atoms with E-state index in [9.17, 15) is 8.42 Å². The van der Waals surface area contributed by atoms with Gasteiger partial charge in [0.2, 0.25) is 10.0 Å². The van der Waals surface area contributed by atoms with E-state index in [0.29, 0.717) is 40.5 Å². The summed E-state index contributed by atoms with van der Waals surface area (Å²) in [6.07, 6.45) is 2.36. The molecule has 7 nitrogen and oxygen atoms in total. The van der Waals surface area contributed by atoms with E-state index in [-0.39, 0.29) is 11.4 Å². The number of benzene rings is 2. The van der Waals surface area contributed by atoms with E-state index in [1.165, 1.54) is 6.07 Å². The van der Waals surface area contributed by atoms with Gasteiger partial charge in [-0.3, -0.25) is 4.98 Å². The Hall–Kier alpha value is -2.39. The van der Waals surface area contributed by atoms with E-state index in [0.717, 1.165) is 12.0 Å². The fourth-order valence-electron chi connectivity index (χ4n) is 3.09. The molecule has 0 aliphatic carbocycles. The third kappa shape index (κ3) is 5.20. The van der Waals surface area contributed by atoms with Crippen molar-refractivity contribution in [2.45, 2.75) is 11.3 Å². The highest BCUT2D eigenvalue weighted by Crippen LogP contribution is 2.28. The van der Waals surface area contributed by atoms with Crippen molar-refractivity contribution in [3.05, 3.63) is 59.2 Å². The largest absolute Gasteiger partial charge is 0.493 e. The highest BCUT2D eigenvalue weighted by atomic mass is 35.5. The third-order valence-corrected chi connectivity index (χ3v) is 6.43. The van der Waals surface area contributed by atoms with E-state index in [1.54, 1.807) is 38.6 Å². The summed E-state index contributed by atoms with van der Waals surface area (Å²) >= 11 is 6.12. The first-order valence-electron chi connectivity index (χ1n) is 9.41. The molecule has 30 heavy (non-hydrogen) atoms. The second kappa shape index (κ2) is 10.1. The van der Waals surface area contributed by atoms with Crippen LogP contribution in [-0.2, 0) is 16.4 Å². The van der Waals surface area contributed by atoms with Crippen molar-refractivity contribution in [2.75, 3.05) is 33.9 Å². The normalized spacial score (nSPS) is 11.6. The summed E-state index contributed by atoms with van der Waals surface area (Å²) in [6.45, 7) is 1.46. The summed E-state index contributed by atoms with van der Waals surface area (Å²) in [7, 11) is -0.475. The minimum Gasteiger partial charge on any atom is -0.493 e. The maximum absolute atomic E-state index is 12.7. The maximum Gasteiger partial charge on any atom is 0.241 e. The molecule has 3 aromatic rings. The Kier molecular flexibility index (Phi) is 7.49. The second-order valence-corrected chi connectivity index (χ2v) is 8.67. The molecule has 2 aromatic carbocycles. The zero-order valence-corrected chi connectivity index (χ0v) is 18.4. The van der Waals surface area contributed by atoms with Crippen molar-refractivity contribution in [3.63, 3.8) is 0 Å². The molecule has 0 unspecified atom stereocenters. The number of methoxy groups -OCH3 is 2. The molecule has 0 atom stereocenters. The highest BCUT2D eigenvalue weighted by molar-refractivity contribution is 7.89. The summed E-state index contributed by atoms with van der Waals surface area (Å²) in [5.74, 6) is 1.38. The monoisotopic (exact) mass is 449 g/mol. The minimum absolute atomic E-state index is 0.167.